The summed E-state index contributed by atoms with van der Waals surface area (Å²) in [5.74, 6) is 2.04. The lowest BCUT2D eigenvalue weighted by Crippen LogP contribution is -2.30. The average Bonchev–Trinajstić information content (AvgIpc) is 3.45. The number of nitrogens with zero attached hydrogens (tertiary/aromatic N) is 2. The predicted molar refractivity (Wildman–Crippen MR) is 101 cm³/mol. The summed E-state index contributed by atoms with van der Waals surface area (Å²) in [4.78, 5) is 17.0. The van der Waals surface area contributed by atoms with Gasteiger partial charge in [0, 0.05) is 11.5 Å². The number of imidazole rings is 1. The summed E-state index contributed by atoms with van der Waals surface area (Å²) in [7, 11) is 1.68. The SMILES string of the molecule is COc1ccccc1Cn1c(C(C)NC(=O)C2CC2)nc2ccccc21. The number of ether oxygens (including phenoxy) is 1. The predicted octanol–water partition coefficient (Wildman–Crippen LogP) is 3.68. The van der Waals surface area contributed by atoms with E-state index in [-0.39, 0.29) is 17.9 Å². The van der Waals surface area contributed by atoms with E-state index in [1.165, 1.54) is 0 Å². The average molecular weight is 349 g/mol. The number of benzene rings is 2. The van der Waals surface area contributed by atoms with Crippen LogP contribution in [-0.2, 0) is 11.3 Å². The van der Waals surface area contributed by atoms with Crippen LogP contribution in [0.5, 0.6) is 5.75 Å². The molecule has 3 aromatic rings. The van der Waals surface area contributed by atoms with E-state index in [1.54, 1.807) is 7.11 Å². The smallest absolute Gasteiger partial charge is 0.223 e. The van der Waals surface area contributed by atoms with Gasteiger partial charge >= 0.3 is 0 Å². The van der Waals surface area contributed by atoms with E-state index in [0.717, 1.165) is 41.0 Å². The first-order valence-corrected chi connectivity index (χ1v) is 9.05. The van der Waals surface area contributed by atoms with Crippen molar-refractivity contribution in [3.8, 4) is 5.75 Å². The molecule has 1 fully saturated rings. The summed E-state index contributed by atoms with van der Waals surface area (Å²) in [5, 5.41) is 3.12. The molecule has 1 unspecified atom stereocenters. The highest BCUT2D eigenvalue weighted by Gasteiger charge is 2.31. The van der Waals surface area contributed by atoms with Crippen molar-refractivity contribution in [3.63, 3.8) is 0 Å². The van der Waals surface area contributed by atoms with E-state index < -0.39 is 0 Å². The standard InChI is InChI=1S/C21H23N3O2/c1-14(22-21(25)15-11-12-15)20-23-17-8-4-5-9-18(17)24(20)13-16-7-3-6-10-19(16)26-2/h3-10,14-15H,11-13H2,1-2H3,(H,22,25). The van der Waals surface area contributed by atoms with Gasteiger partial charge in [-0.25, -0.2) is 4.98 Å². The quantitative estimate of drug-likeness (QED) is 0.738. The molecule has 0 radical (unpaired) electrons. The lowest BCUT2D eigenvalue weighted by atomic mass is 10.2. The molecule has 2 aromatic carbocycles. The molecule has 0 aliphatic heterocycles. The minimum absolute atomic E-state index is 0.133. The Bertz CT molecular complexity index is 943. The van der Waals surface area contributed by atoms with Crippen molar-refractivity contribution in [1.82, 2.24) is 14.9 Å². The van der Waals surface area contributed by atoms with Crippen LogP contribution in [0.25, 0.3) is 11.0 Å². The van der Waals surface area contributed by atoms with Crippen LogP contribution in [0.4, 0.5) is 0 Å². The highest BCUT2D eigenvalue weighted by molar-refractivity contribution is 5.81. The topological polar surface area (TPSA) is 56.1 Å². The summed E-state index contributed by atoms with van der Waals surface area (Å²) < 4.78 is 7.68. The zero-order chi connectivity index (χ0) is 18.1. The number of methoxy groups -OCH3 is 1. The van der Waals surface area contributed by atoms with Crippen molar-refractivity contribution in [3.05, 3.63) is 59.9 Å². The number of rotatable bonds is 6. The van der Waals surface area contributed by atoms with E-state index in [0.29, 0.717) is 6.54 Å². The van der Waals surface area contributed by atoms with Crippen LogP contribution in [0.3, 0.4) is 0 Å². The van der Waals surface area contributed by atoms with Gasteiger partial charge in [-0.1, -0.05) is 30.3 Å². The lowest BCUT2D eigenvalue weighted by molar-refractivity contribution is -0.123. The van der Waals surface area contributed by atoms with Gasteiger partial charge in [0.25, 0.3) is 0 Å². The highest BCUT2D eigenvalue weighted by atomic mass is 16.5. The number of amides is 1. The van der Waals surface area contributed by atoms with Gasteiger partial charge in [-0.05, 0) is 38.0 Å². The Morgan fingerprint density at radius 1 is 1.23 bits per heavy atom. The molecule has 26 heavy (non-hydrogen) atoms. The Hall–Kier alpha value is -2.82. The molecule has 1 heterocycles. The Morgan fingerprint density at radius 3 is 2.73 bits per heavy atom. The second kappa shape index (κ2) is 6.83. The third kappa shape index (κ3) is 3.17. The van der Waals surface area contributed by atoms with Gasteiger partial charge in [-0.15, -0.1) is 0 Å². The van der Waals surface area contributed by atoms with Crippen molar-refractivity contribution in [2.75, 3.05) is 7.11 Å². The number of nitrogens with one attached hydrogen (secondary N) is 1. The molecular weight excluding hydrogens is 326 g/mol. The second-order valence-corrected chi connectivity index (χ2v) is 6.86. The van der Waals surface area contributed by atoms with Crippen LogP contribution in [0, 0.1) is 5.92 Å². The molecule has 1 N–H and O–H groups in total. The van der Waals surface area contributed by atoms with Crippen LogP contribution >= 0.6 is 0 Å². The zero-order valence-electron chi connectivity index (χ0n) is 15.1. The molecule has 1 atom stereocenters. The Labute approximate surface area is 153 Å². The van der Waals surface area contributed by atoms with Gasteiger partial charge in [0.1, 0.15) is 11.6 Å². The van der Waals surface area contributed by atoms with Crippen LogP contribution in [0.1, 0.15) is 37.2 Å². The van der Waals surface area contributed by atoms with Crippen molar-refractivity contribution < 1.29 is 9.53 Å². The van der Waals surface area contributed by atoms with E-state index in [9.17, 15) is 4.79 Å². The van der Waals surface area contributed by atoms with Gasteiger partial charge in [-0.2, -0.15) is 0 Å². The summed E-state index contributed by atoms with van der Waals surface area (Å²) in [6, 6.07) is 15.9. The fraction of sp³-hybridized carbons (Fsp3) is 0.333. The Morgan fingerprint density at radius 2 is 1.96 bits per heavy atom. The number of aromatic nitrogens is 2. The van der Waals surface area contributed by atoms with Crippen molar-refractivity contribution >= 4 is 16.9 Å². The monoisotopic (exact) mass is 349 g/mol. The van der Waals surface area contributed by atoms with Crippen LogP contribution < -0.4 is 10.1 Å². The van der Waals surface area contributed by atoms with E-state index >= 15 is 0 Å². The number of carbonyl (C=O) groups excluding carboxylic acids is 1. The second-order valence-electron chi connectivity index (χ2n) is 6.86. The van der Waals surface area contributed by atoms with Gasteiger partial charge in [0.2, 0.25) is 5.91 Å². The number of fused-ring (bicyclic) bond motifs is 1. The molecule has 1 aromatic heterocycles. The Balaban J connectivity index is 1.72. The molecule has 1 aliphatic carbocycles. The summed E-state index contributed by atoms with van der Waals surface area (Å²) in [6.45, 7) is 2.64. The third-order valence-corrected chi connectivity index (χ3v) is 4.90. The van der Waals surface area contributed by atoms with Crippen LogP contribution in [-0.4, -0.2) is 22.6 Å². The van der Waals surface area contributed by atoms with E-state index in [1.807, 2.05) is 43.3 Å². The van der Waals surface area contributed by atoms with Crippen molar-refractivity contribution in [2.24, 2.45) is 5.92 Å². The minimum Gasteiger partial charge on any atom is -0.496 e. The molecule has 134 valence electrons. The highest BCUT2D eigenvalue weighted by Crippen LogP contribution is 2.30. The van der Waals surface area contributed by atoms with Gasteiger partial charge in [0.05, 0.1) is 30.7 Å². The number of hydrogen-bond acceptors (Lipinski definition) is 3. The van der Waals surface area contributed by atoms with E-state index in [2.05, 4.69) is 22.0 Å². The van der Waals surface area contributed by atoms with Crippen LogP contribution in [0.2, 0.25) is 0 Å². The fourth-order valence-electron chi connectivity index (χ4n) is 3.34. The minimum atomic E-state index is -0.148. The maximum atomic E-state index is 12.2. The normalized spacial score (nSPS) is 15.0. The molecule has 1 aliphatic rings. The molecule has 4 rings (SSSR count). The molecule has 1 amide bonds. The summed E-state index contributed by atoms with van der Waals surface area (Å²) in [5.41, 5.74) is 3.07. The first-order chi connectivity index (χ1) is 12.7. The molecular formula is C21H23N3O2. The first-order valence-electron chi connectivity index (χ1n) is 9.05. The first kappa shape index (κ1) is 16.6. The van der Waals surface area contributed by atoms with Gasteiger partial charge in [0.15, 0.2) is 0 Å². The summed E-state index contributed by atoms with van der Waals surface area (Å²) >= 11 is 0. The molecule has 1 saturated carbocycles. The van der Waals surface area contributed by atoms with Gasteiger partial charge in [-0.3, -0.25) is 4.79 Å². The largest absolute Gasteiger partial charge is 0.496 e. The molecule has 0 saturated heterocycles. The number of hydrogen-bond donors (Lipinski definition) is 1. The maximum absolute atomic E-state index is 12.2. The number of para-hydroxylation sites is 3. The van der Waals surface area contributed by atoms with Gasteiger partial charge < -0.3 is 14.6 Å². The Kier molecular flexibility index (Phi) is 4.37. The molecule has 5 heteroatoms. The van der Waals surface area contributed by atoms with Crippen molar-refractivity contribution in [1.29, 1.82) is 0 Å². The van der Waals surface area contributed by atoms with Crippen LogP contribution in [0.15, 0.2) is 48.5 Å². The lowest BCUT2D eigenvalue weighted by Gasteiger charge is -2.17. The van der Waals surface area contributed by atoms with Crippen molar-refractivity contribution in [2.45, 2.75) is 32.4 Å². The third-order valence-electron chi connectivity index (χ3n) is 4.90. The molecule has 0 spiro atoms. The fourth-order valence-corrected chi connectivity index (χ4v) is 3.34. The molecule has 5 nitrogen and oxygen atoms in total. The van der Waals surface area contributed by atoms with E-state index in [4.69, 9.17) is 9.72 Å². The zero-order valence-corrected chi connectivity index (χ0v) is 15.1. The summed E-state index contributed by atoms with van der Waals surface area (Å²) in [6.07, 6.45) is 1.99. The maximum Gasteiger partial charge on any atom is 0.223 e. The number of carbonyl (C=O) groups is 1. The molecule has 0 bridgehead atoms.